The number of rotatable bonds is 6. The highest BCUT2D eigenvalue weighted by atomic mass is 35.5. The summed E-state index contributed by atoms with van der Waals surface area (Å²) >= 11 is 11.9. The summed E-state index contributed by atoms with van der Waals surface area (Å²) in [4.78, 5) is 12.1. The second-order valence-corrected chi connectivity index (χ2v) is 5.90. The highest BCUT2D eigenvalue weighted by molar-refractivity contribution is 6.31. The second kappa shape index (κ2) is 8.09. The molecule has 0 aromatic heterocycles. The summed E-state index contributed by atoms with van der Waals surface area (Å²) in [7, 11) is 1.55. The van der Waals surface area contributed by atoms with E-state index in [1.165, 1.54) is 0 Å². The van der Waals surface area contributed by atoms with Crippen molar-refractivity contribution in [2.45, 2.75) is 13.3 Å². The zero-order valence-corrected chi connectivity index (χ0v) is 14.5. The van der Waals surface area contributed by atoms with Gasteiger partial charge in [-0.25, -0.2) is 0 Å². The van der Waals surface area contributed by atoms with E-state index in [1.807, 2.05) is 25.1 Å². The van der Waals surface area contributed by atoms with Crippen molar-refractivity contribution < 1.29 is 9.53 Å². The third-order valence-corrected chi connectivity index (χ3v) is 3.76. The monoisotopic (exact) mass is 352 g/mol. The molecule has 0 saturated heterocycles. The van der Waals surface area contributed by atoms with Crippen LogP contribution in [0, 0.1) is 6.92 Å². The summed E-state index contributed by atoms with van der Waals surface area (Å²) in [5.74, 6) is 0.453. The average Bonchev–Trinajstić information content (AvgIpc) is 2.50. The molecule has 0 saturated carbocycles. The maximum absolute atomic E-state index is 12.1. The van der Waals surface area contributed by atoms with Crippen LogP contribution < -0.4 is 15.4 Å². The van der Waals surface area contributed by atoms with Crippen molar-refractivity contribution in [2.24, 2.45) is 0 Å². The molecule has 0 atom stereocenters. The lowest BCUT2D eigenvalue weighted by Crippen LogP contribution is -2.17. The number of methoxy groups -OCH3 is 1. The lowest BCUT2D eigenvalue weighted by atomic mass is 10.2. The Bertz CT molecular complexity index is 705. The number of amides is 1. The number of carbonyl (C=O) groups excluding carboxylic acids is 1. The van der Waals surface area contributed by atoms with Gasteiger partial charge in [0.15, 0.2) is 0 Å². The first-order chi connectivity index (χ1) is 11.0. The fourth-order valence-corrected chi connectivity index (χ4v) is 2.53. The van der Waals surface area contributed by atoms with E-state index in [0.29, 0.717) is 34.4 Å². The number of halogens is 2. The van der Waals surface area contributed by atoms with Crippen molar-refractivity contribution >= 4 is 40.5 Å². The molecule has 0 bridgehead atoms. The van der Waals surface area contributed by atoms with Crippen LogP contribution in [0.4, 0.5) is 11.4 Å². The summed E-state index contributed by atoms with van der Waals surface area (Å²) in [5, 5.41) is 7.25. The van der Waals surface area contributed by atoms with Gasteiger partial charge in [0.05, 0.1) is 12.8 Å². The van der Waals surface area contributed by atoms with Gasteiger partial charge in [0.25, 0.3) is 0 Å². The summed E-state index contributed by atoms with van der Waals surface area (Å²) in [5.41, 5.74) is 2.56. The van der Waals surface area contributed by atoms with Crippen molar-refractivity contribution in [3.8, 4) is 5.75 Å². The predicted molar refractivity (Wildman–Crippen MR) is 95.9 cm³/mol. The van der Waals surface area contributed by atoms with Crippen LogP contribution in [0.3, 0.4) is 0 Å². The Labute approximate surface area is 145 Å². The molecule has 0 fully saturated rings. The van der Waals surface area contributed by atoms with Crippen molar-refractivity contribution in [3.05, 3.63) is 52.0 Å². The van der Waals surface area contributed by atoms with E-state index in [2.05, 4.69) is 10.6 Å². The Kier molecular flexibility index (Phi) is 6.13. The minimum atomic E-state index is -0.121. The zero-order valence-electron chi connectivity index (χ0n) is 13.0. The maximum Gasteiger partial charge on any atom is 0.226 e. The molecule has 122 valence electrons. The number of aryl methyl sites for hydroxylation is 1. The molecule has 4 nitrogen and oxygen atoms in total. The van der Waals surface area contributed by atoms with Gasteiger partial charge in [0.2, 0.25) is 5.91 Å². The van der Waals surface area contributed by atoms with Crippen LogP contribution in [0.5, 0.6) is 5.75 Å². The Hall–Kier alpha value is -1.91. The molecule has 0 aliphatic carbocycles. The number of benzene rings is 2. The maximum atomic E-state index is 12.1. The van der Waals surface area contributed by atoms with Gasteiger partial charge in [0.1, 0.15) is 5.75 Å². The summed E-state index contributed by atoms with van der Waals surface area (Å²) in [6, 6.07) is 10.7. The SMILES string of the molecule is COc1ccc(Cl)cc1NC(=O)CCNc1ccc(Cl)cc1C. The largest absolute Gasteiger partial charge is 0.495 e. The molecule has 0 spiro atoms. The lowest BCUT2D eigenvalue weighted by Gasteiger charge is -2.12. The van der Waals surface area contributed by atoms with Gasteiger partial charge in [-0.1, -0.05) is 23.2 Å². The molecule has 0 aliphatic heterocycles. The van der Waals surface area contributed by atoms with Crippen LogP contribution in [-0.4, -0.2) is 19.6 Å². The molecule has 2 rings (SSSR count). The van der Waals surface area contributed by atoms with E-state index >= 15 is 0 Å². The first kappa shape index (κ1) is 17.4. The number of nitrogens with one attached hydrogen (secondary N) is 2. The van der Waals surface area contributed by atoms with Crippen molar-refractivity contribution in [2.75, 3.05) is 24.3 Å². The minimum absolute atomic E-state index is 0.121. The Morgan fingerprint density at radius 1 is 1.09 bits per heavy atom. The quantitative estimate of drug-likeness (QED) is 0.788. The van der Waals surface area contributed by atoms with Gasteiger partial charge in [-0.3, -0.25) is 4.79 Å². The van der Waals surface area contributed by atoms with Gasteiger partial charge < -0.3 is 15.4 Å². The molecule has 0 aliphatic rings. The average molecular weight is 353 g/mol. The molecule has 1 amide bonds. The molecule has 0 radical (unpaired) electrons. The third kappa shape index (κ3) is 5.05. The summed E-state index contributed by atoms with van der Waals surface area (Å²) in [6.07, 6.45) is 0.317. The van der Waals surface area contributed by atoms with Crippen LogP contribution in [0.1, 0.15) is 12.0 Å². The zero-order chi connectivity index (χ0) is 16.8. The minimum Gasteiger partial charge on any atom is -0.495 e. The standard InChI is InChI=1S/C17H18Cl2N2O2/c1-11-9-12(18)3-5-14(11)20-8-7-17(22)21-15-10-13(19)4-6-16(15)23-2/h3-6,9-10,20H,7-8H2,1-2H3,(H,21,22). The Morgan fingerprint density at radius 3 is 2.48 bits per heavy atom. The molecule has 6 heteroatoms. The van der Waals surface area contributed by atoms with E-state index in [9.17, 15) is 4.79 Å². The van der Waals surface area contributed by atoms with Gasteiger partial charge >= 0.3 is 0 Å². The topological polar surface area (TPSA) is 50.4 Å². The van der Waals surface area contributed by atoms with E-state index in [0.717, 1.165) is 11.3 Å². The van der Waals surface area contributed by atoms with E-state index in [1.54, 1.807) is 25.3 Å². The third-order valence-electron chi connectivity index (χ3n) is 3.29. The van der Waals surface area contributed by atoms with E-state index in [-0.39, 0.29) is 5.91 Å². The highest BCUT2D eigenvalue weighted by Gasteiger charge is 2.08. The molecule has 0 unspecified atom stereocenters. The normalized spacial score (nSPS) is 10.3. The van der Waals surface area contributed by atoms with Crippen LogP contribution in [0.2, 0.25) is 10.0 Å². The fourth-order valence-electron chi connectivity index (χ4n) is 2.13. The van der Waals surface area contributed by atoms with Crippen LogP contribution in [-0.2, 0) is 4.79 Å². The first-order valence-electron chi connectivity index (χ1n) is 7.13. The van der Waals surface area contributed by atoms with E-state index < -0.39 is 0 Å². The number of hydrogen-bond donors (Lipinski definition) is 2. The fraction of sp³-hybridized carbons (Fsp3) is 0.235. The molecule has 2 aromatic carbocycles. The number of carbonyl (C=O) groups is 1. The smallest absolute Gasteiger partial charge is 0.226 e. The van der Waals surface area contributed by atoms with Gasteiger partial charge in [-0.15, -0.1) is 0 Å². The van der Waals surface area contributed by atoms with Crippen molar-refractivity contribution in [1.82, 2.24) is 0 Å². The lowest BCUT2D eigenvalue weighted by molar-refractivity contribution is -0.116. The summed E-state index contributed by atoms with van der Waals surface area (Å²) in [6.45, 7) is 2.47. The van der Waals surface area contributed by atoms with E-state index in [4.69, 9.17) is 27.9 Å². The second-order valence-electron chi connectivity index (χ2n) is 5.03. The van der Waals surface area contributed by atoms with Gasteiger partial charge in [-0.05, 0) is 48.9 Å². The number of ether oxygens (including phenoxy) is 1. The molecule has 2 aromatic rings. The Morgan fingerprint density at radius 2 is 1.78 bits per heavy atom. The molecule has 2 N–H and O–H groups in total. The molecular formula is C17H18Cl2N2O2. The van der Waals surface area contributed by atoms with Crippen LogP contribution in [0.25, 0.3) is 0 Å². The first-order valence-corrected chi connectivity index (χ1v) is 7.88. The van der Waals surface area contributed by atoms with Crippen molar-refractivity contribution in [3.63, 3.8) is 0 Å². The highest BCUT2D eigenvalue weighted by Crippen LogP contribution is 2.27. The molecule has 0 heterocycles. The predicted octanol–water partition coefficient (Wildman–Crippen LogP) is 4.75. The van der Waals surface area contributed by atoms with Crippen LogP contribution in [0.15, 0.2) is 36.4 Å². The Balaban J connectivity index is 1.89. The van der Waals surface area contributed by atoms with Gasteiger partial charge in [-0.2, -0.15) is 0 Å². The number of anilines is 2. The van der Waals surface area contributed by atoms with Crippen molar-refractivity contribution in [1.29, 1.82) is 0 Å². The number of hydrogen-bond acceptors (Lipinski definition) is 3. The van der Waals surface area contributed by atoms with Crippen LogP contribution >= 0.6 is 23.2 Å². The summed E-state index contributed by atoms with van der Waals surface area (Å²) < 4.78 is 5.20. The molecular weight excluding hydrogens is 335 g/mol. The molecule has 23 heavy (non-hydrogen) atoms. The van der Waals surface area contributed by atoms with Gasteiger partial charge in [0, 0.05) is 28.7 Å².